The van der Waals surface area contributed by atoms with Crippen molar-refractivity contribution in [2.75, 3.05) is 6.61 Å². The Bertz CT molecular complexity index is 414. The van der Waals surface area contributed by atoms with Crippen molar-refractivity contribution in [1.82, 2.24) is 10.9 Å². The zero-order chi connectivity index (χ0) is 14.2. The van der Waals surface area contributed by atoms with Gasteiger partial charge in [-0.2, -0.15) is 0 Å². The summed E-state index contributed by atoms with van der Waals surface area (Å²) in [6, 6.07) is 7.30. The second-order valence-electron chi connectivity index (χ2n) is 5.30. The number of urea groups is 1. The molecular weight excluding hydrogens is 254 g/mol. The summed E-state index contributed by atoms with van der Waals surface area (Å²) in [5.74, 6) is 1.62. The second-order valence-corrected chi connectivity index (χ2v) is 5.30. The Morgan fingerprint density at radius 3 is 2.55 bits per heavy atom. The van der Waals surface area contributed by atoms with Gasteiger partial charge in [-0.1, -0.05) is 31.4 Å². The molecule has 4 N–H and O–H groups in total. The highest BCUT2D eigenvalue weighted by Crippen LogP contribution is 2.24. The summed E-state index contributed by atoms with van der Waals surface area (Å²) < 4.78 is 5.83. The van der Waals surface area contributed by atoms with E-state index in [1.807, 2.05) is 24.3 Å². The molecule has 5 heteroatoms. The first-order valence-corrected chi connectivity index (χ1v) is 7.24. The van der Waals surface area contributed by atoms with Crippen LogP contribution in [0.25, 0.3) is 0 Å². The molecule has 0 atom stereocenters. The summed E-state index contributed by atoms with van der Waals surface area (Å²) in [6.45, 7) is 1.35. The molecule has 2 rings (SSSR count). The molecule has 0 bridgehead atoms. The summed E-state index contributed by atoms with van der Waals surface area (Å²) >= 11 is 0. The van der Waals surface area contributed by atoms with Crippen molar-refractivity contribution in [1.29, 1.82) is 0 Å². The number of benzene rings is 1. The fraction of sp³-hybridized carbons (Fsp3) is 0.533. The van der Waals surface area contributed by atoms with Gasteiger partial charge >= 0.3 is 6.03 Å². The Morgan fingerprint density at radius 2 is 1.90 bits per heavy atom. The molecule has 1 aromatic carbocycles. The third-order valence-electron chi connectivity index (χ3n) is 3.64. The fourth-order valence-corrected chi connectivity index (χ4v) is 2.50. The molecule has 110 valence electrons. The summed E-state index contributed by atoms with van der Waals surface area (Å²) in [5.41, 5.74) is 11.1. The van der Waals surface area contributed by atoms with Crippen molar-refractivity contribution in [3.05, 3.63) is 29.8 Å². The van der Waals surface area contributed by atoms with Gasteiger partial charge in [-0.15, -0.1) is 0 Å². The van der Waals surface area contributed by atoms with E-state index in [-0.39, 0.29) is 0 Å². The molecular formula is C15H23N3O2. The SMILES string of the molecule is NC(=O)NNCc1ccc(OCC2CCCCC2)cc1. The normalized spacial score (nSPS) is 15.8. The summed E-state index contributed by atoms with van der Waals surface area (Å²) in [5, 5.41) is 0. The van der Waals surface area contributed by atoms with Crippen molar-refractivity contribution in [3.8, 4) is 5.75 Å². The van der Waals surface area contributed by atoms with Gasteiger partial charge in [-0.3, -0.25) is 5.43 Å². The Morgan fingerprint density at radius 1 is 1.20 bits per heavy atom. The number of rotatable bonds is 6. The molecule has 0 aromatic heterocycles. The third-order valence-corrected chi connectivity index (χ3v) is 3.64. The number of nitrogens with one attached hydrogen (secondary N) is 2. The van der Waals surface area contributed by atoms with Crippen LogP contribution in [-0.4, -0.2) is 12.6 Å². The predicted molar refractivity (Wildman–Crippen MR) is 78.1 cm³/mol. The molecule has 0 heterocycles. The molecule has 20 heavy (non-hydrogen) atoms. The molecule has 1 saturated carbocycles. The van der Waals surface area contributed by atoms with E-state index in [0.717, 1.165) is 17.9 Å². The molecule has 0 radical (unpaired) electrons. The third kappa shape index (κ3) is 5.09. The highest BCUT2D eigenvalue weighted by atomic mass is 16.5. The number of ether oxygens (including phenoxy) is 1. The zero-order valence-electron chi connectivity index (χ0n) is 11.7. The molecule has 2 amide bonds. The van der Waals surface area contributed by atoms with Crippen LogP contribution in [-0.2, 0) is 6.54 Å². The average Bonchev–Trinajstić information content (AvgIpc) is 2.47. The standard InChI is InChI=1S/C15H23N3O2/c16-15(19)18-17-10-12-6-8-14(9-7-12)20-11-13-4-2-1-3-5-13/h6-9,13,17H,1-5,10-11H2,(H3,16,18,19). The van der Waals surface area contributed by atoms with Crippen LogP contribution in [0, 0.1) is 5.92 Å². The van der Waals surface area contributed by atoms with Gasteiger partial charge in [0.25, 0.3) is 0 Å². The number of hydrazine groups is 1. The lowest BCUT2D eigenvalue weighted by atomic mass is 9.90. The second kappa shape index (κ2) is 7.75. The molecule has 1 fully saturated rings. The highest BCUT2D eigenvalue weighted by Gasteiger charge is 2.13. The monoisotopic (exact) mass is 277 g/mol. The Kier molecular flexibility index (Phi) is 5.68. The van der Waals surface area contributed by atoms with Gasteiger partial charge in [0.05, 0.1) is 6.61 Å². The summed E-state index contributed by atoms with van der Waals surface area (Å²) in [4.78, 5) is 10.5. The molecule has 0 saturated heterocycles. The van der Waals surface area contributed by atoms with E-state index in [2.05, 4.69) is 10.9 Å². The molecule has 1 aliphatic rings. The van der Waals surface area contributed by atoms with Crippen molar-refractivity contribution in [2.45, 2.75) is 38.6 Å². The van der Waals surface area contributed by atoms with Crippen LogP contribution in [0.4, 0.5) is 4.79 Å². The minimum Gasteiger partial charge on any atom is -0.493 e. The number of hydrogen-bond acceptors (Lipinski definition) is 3. The van der Waals surface area contributed by atoms with Crippen LogP contribution >= 0.6 is 0 Å². The lowest BCUT2D eigenvalue weighted by Crippen LogP contribution is -2.40. The van der Waals surface area contributed by atoms with Gasteiger partial charge in [0, 0.05) is 6.54 Å². The fourth-order valence-electron chi connectivity index (χ4n) is 2.50. The maximum atomic E-state index is 10.5. The topological polar surface area (TPSA) is 76.4 Å². The lowest BCUT2D eigenvalue weighted by molar-refractivity contribution is 0.209. The largest absolute Gasteiger partial charge is 0.493 e. The summed E-state index contributed by atoms with van der Waals surface area (Å²) in [6.07, 6.45) is 6.64. The van der Waals surface area contributed by atoms with Crippen LogP contribution in [0.15, 0.2) is 24.3 Å². The van der Waals surface area contributed by atoms with Crippen molar-refractivity contribution in [3.63, 3.8) is 0 Å². The number of carbonyl (C=O) groups excluding carboxylic acids is 1. The van der Waals surface area contributed by atoms with Gasteiger partial charge < -0.3 is 10.5 Å². The van der Waals surface area contributed by atoms with Crippen LogP contribution in [0.5, 0.6) is 5.75 Å². The van der Waals surface area contributed by atoms with E-state index >= 15 is 0 Å². The summed E-state index contributed by atoms with van der Waals surface area (Å²) in [7, 11) is 0. The van der Waals surface area contributed by atoms with E-state index in [4.69, 9.17) is 10.5 Å². The zero-order valence-corrected chi connectivity index (χ0v) is 11.7. The van der Waals surface area contributed by atoms with E-state index < -0.39 is 6.03 Å². The first-order valence-electron chi connectivity index (χ1n) is 7.24. The number of hydrogen-bond donors (Lipinski definition) is 3. The van der Waals surface area contributed by atoms with Gasteiger partial charge in [-0.05, 0) is 36.5 Å². The maximum absolute atomic E-state index is 10.5. The van der Waals surface area contributed by atoms with Crippen LogP contribution in [0.2, 0.25) is 0 Å². The highest BCUT2D eigenvalue weighted by molar-refractivity contribution is 5.70. The Labute approximate surface area is 119 Å². The molecule has 0 aliphatic heterocycles. The average molecular weight is 277 g/mol. The molecule has 0 spiro atoms. The Balaban J connectivity index is 1.71. The van der Waals surface area contributed by atoms with Gasteiger partial charge in [-0.25, -0.2) is 10.2 Å². The maximum Gasteiger partial charge on any atom is 0.326 e. The van der Waals surface area contributed by atoms with Crippen molar-refractivity contribution >= 4 is 6.03 Å². The number of amides is 2. The van der Waals surface area contributed by atoms with Gasteiger partial charge in [0.15, 0.2) is 0 Å². The van der Waals surface area contributed by atoms with Crippen LogP contribution in [0.1, 0.15) is 37.7 Å². The molecule has 5 nitrogen and oxygen atoms in total. The first kappa shape index (κ1) is 14.7. The molecule has 1 aromatic rings. The number of nitrogens with two attached hydrogens (primary N) is 1. The molecule has 1 aliphatic carbocycles. The lowest BCUT2D eigenvalue weighted by Gasteiger charge is -2.21. The predicted octanol–water partition coefficient (Wildman–Crippen LogP) is 2.32. The van der Waals surface area contributed by atoms with Crippen molar-refractivity contribution in [2.24, 2.45) is 11.7 Å². The van der Waals surface area contributed by atoms with Crippen LogP contribution < -0.4 is 21.3 Å². The van der Waals surface area contributed by atoms with E-state index in [9.17, 15) is 4.79 Å². The minimum absolute atomic E-state index is 0.534. The molecule has 0 unspecified atom stereocenters. The van der Waals surface area contributed by atoms with Crippen LogP contribution in [0.3, 0.4) is 0 Å². The number of carbonyl (C=O) groups is 1. The van der Waals surface area contributed by atoms with Gasteiger partial charge in [0.1, 0.15) is 5.75 Å². The van der Waals surface area contributed by atoms with E-state index in [1.165, 1.54) is 32.1 Å². The number of primary amides is 1. The quantitative estimate of drug-likeness (QED) is 0.698. The Hall–Kier alpha value is -1.75. The minimum atomic E-state index is -0.586. The first-order chi connectivity index (χ1) is 9.74. The van der Waals surface area contributed by atoms with E-state index in [0.29, 0.717) is 12.5 Å². The van der Waals surface area contributed by atoms with E-state index in [1.54, 1.807) is 0 Å². The van der Waals surface area contributed by atoms with Crippen molar-refractivity contribution < 1.29 is 9.53 Å². The van der Waals surface area contributed by atoms with Gasteiger partial charge in [0.2, 0.25) is 0 Å². The smallest absolute Gasteiger partial charge is 0.326 e.